The molecule has 4 heteroatoms. The maximum atomic E-state index is 10.00. The molecule has 0 saturated heterocycles. The number of hydrogen-bond acceptors (Lipinski definition) is 4. The second-order valence-electron chi connectivity index (χ2n) is 4.55. The van der Waals surface area contributed by atoms with Crippen LogP contribution in [0.15, 0.2) is 48.5 Å². The summed E-state index contributed by atoms with van der Waals surface area (Å²) in [5.74, 6) is 0.796. The molecule has 2 aromatic rings. The number of aliphatic hydroxyl groups excluding tert-OH is 1. The molecule has 1 atom stereocenters. The van der Waals surface area contributed by atoms with E-state index in [9.17, 15) is 5.11 Å². The summed E-state index contributed by atoms with van der Waals surface area (Å²) in [5.41, 5.74) is 8.09. The number of benzene rings is 2. The molecule has 0 fully saturated rings. The molecule has 0 saturated carbocycles. The summed E-state index contributed by atoms with van der Waals surface area (Å²) in [6, 6.07) is 14.8. The fourth-order valence-corrected chi connectivity index (χ4v) is 1.87. The van der Waals surface area contributed by atoms with Gasteiger partial charge in [0.15, 0.2) is 0 Å². The number of methoxy groups -OCH3 is 1. The van der Waals surface area contributed by atoms with Gasteiger partial charge in [-0.2, -0.15) is 0 Å². The van der Waals surface area contributed by atoms with Gasteiger partial charge in [0.2, 0.25) is 0 Å². The van der Waals surface area contributed by atoms with Gasteiger partial charge in [0.25, 0.3) is 0 Å². The topological polar surface area (TPSA) is 64.7 Å². The number of ether oxygens (including phenoxy) is 2. The third kappa shape index (κ3) is 3.98. The maximum absolute atomic E-state index is 10.00. The van der Waals surface area contributed by atoms with Gasteiger partial charge in [-0.1, -0.05) is 24.3 Å². The summed E-state index contributed by atoms with van der Waals surface area (Å²) in [6.45, 7) is 0.671. The second kappa shape index (κ2) is 6.93. The molecule has 2 rings (SSSR count). The molecule has 0 aliphatic rings. The SMILES string of the molecule is COc1cccc(COCC(O)c2ccc(N)cc2)c1. The smallest absolute Gasteiger partial charge is 0.119 e. The van der Waals surface area contributed by atoms with Crippen LogP contribution in [0.2, 0.25) is 0 Å². The van der Waals surface area contributed by atoms with Crippen LogP contribution in [0.25, 0.3) is 0 Å². The molecule has 0 radical (unpaired) electrons. The first-order valence-electron chi connectivity index (χ1n) is 6.43. The lowest BCUT2D eigenvalue weighted by molar-refractivity contribution is 0.0277. The van der Waals surface area contributed by atoms with Crippen LogP contribution in [0.5, 0.6) is 5.75 Å². The van der Waals surface area contributed by atoms with Crippen molar-refractivity contribution in [2.45, 2.75) is 12.7 Å². The Morgan fingerprint density at radius 3 is 2.60 bits per heavy atom. The summed E-state index contributed by atoms with van der Waals surface area (Å²) < 4.78 is 10.7. The van der Waals surface area contributed by atoms with Crippen LogP contribution >= 0.6 is 0 Å². The van der Waals surface area contributed by atoms with Gasteiger partial charge >= 0.3 is 0 Å². The Balaban J connectivity index is 1.84. The lowest BCUT2D eigenvalue weighted by Gasteiger charge is -2.12. The molecular formula is C16H19NO3. The van der Waals surface area contributed by atoms with Crippen LogP contribution in [-0.4, -0.2) is 18.8 Å². The molecular weight excluding hydrogens is 254 g/mol. The first-order valence-corrected chi connectivity index (χ1v) is 6.43. The Morgan fingerprint density at radius 1 is 1.15 bits per heavy atom. The van der Waals surface area contributed by atoms with Crippen LogP contribution in [-0.2, 0) is 11.3 Å². The van der Waals surface area contributed by atoms with E-state index >= 15 is 0 Å². The molecule has 0 heterocycles. The number of hydrogen-bond donors (Lipinski definition) is 2. The van der Waals surface area contributed by atoms with Gasteiger partial charge in [0, 0.05) is 5.69 Å². The zero-order valence-corrected chi connectivity index (χ0v) is 11.5. The first kappa shape index (κ1) is 14.4. The monoisotopic (exact) mass is 273 g/mol. The van der Waals surface area contributed by atoms with Crippen molar-refractivity contribution in [2.24, 2.45) is 0 Å². The minimum atomic E-state index is -0.652. The molecule has 0 aliphatic heterocycles. The zero-order chi connectivity index (χ0) is 14.4. The van der Waals surface area contributed by atoms with Gasteiger partial charge < -0.3 is 20.3 Å². The van der Waals surface area contributed by atoms with Gasteiger partial charge in [0.1, 0.15) is 11.9 Å². The van der Waals surface area contributed by atoms with Crippen LogP contribution in [0.4, 0.5) is 5.69 Å². The standard InChI is InChI=1S/C16H19NO3/c1-19-15-4-2-3-12(9-15)10-20-11-16(18)13-5-7-14(17)8-6-13/h2-9,16,18H,10-11,17H2,1H3. The lowest BCUT2D eigenvalue weighted by Crippen LogP contribution is -2.07. The first-order chi connectivity index (χ1) is 9.69. The fraction of sp³-hybridized carbons (Fsp3) is 0.250. The van der Waals surface area contributed by atoms with Gasteiger partial charge in [-0.25, -0.2) is 0 Å². The van der Waals surface area contributed by atoms with Crippen molar-refractivity contribution in [1.82, 2.24) is 0 Å². The molecule has 4 nitrogen and oxygen atoms in total. The minimum absolute atomic E-state index is 0.237. The number of anilines is 1. The molecule has 0 bridgehead atoms. The highest BCUT2D eigenvalue weighted by atomic mass is 16.5. The summed E-state index contributed by atoms with van der Waals surface area (Å²) in [7, 11) is 1.63. The van der Waals surface area contributed by atoms with E-state index in [2.05, 4.69) is 0 Å². The third-order valence-electron chi connectivity index (χ3n) is 3.00. The predicted octanol–water partition coefficient (Wildman–Crippen LogP) is 2.53. The molecule has 2 aromatic carbocycles. The molecule has 0 aliphatic carbocycles. The maximum Gasteiger partial charge on any atom is 0.119 e. The Kier molecular flexibility index (Phi) is 4.98. The summed E-state index contributed by atoms with van der Waals surface area (Å²) in [5, 5.41) is 10.00. The number of nitrogens with two attached hydrogens (primary N) is 1. The quantitative estimate of drug-likeness (QED) is 0.794. The van der Waals surface area contributed by atoms with E-state index in [0.717, 1.165) is 16.9 Å². The van der Waals surface area contributed by atoms with Crippen molar-refractivity contribution in [2.75, 3.05) is 19.5 Å². The number of rotatable bonds is 6. The van der Waals surface area contributed by atoms with Crippen molar-refractivity contribution in [1.29, 1.82) is 0 Å². The van der Waals surface area contributed by atoms with E-state index in [4.69, 9.17) is 15.2 Å². The average molecular weight is 273 g/mol. The Bertz CT molecular complexity index is 540. The van der Waals surface area contributed by atoms with Crippen LogP contribution in [0.1, 0.15) is 17.2 Å². The summed E-state index contributed by atoms with van der Waals surface area (Å²) in [4.78, 5) is 0. The minimum Gasteiger partial charge on any atom is -0.497 e. The molecule has 106 valence electrons. The fourth-order valence-electron chi connectivity index (χ4n) is 1.87. The number of nitrogen functional groups attached to an aromatic ring is 1. The molecule has 0 spiro atoms. The van der Waals surface area contributed by atoms with Gasteiger partial charge in [-0.3, -0.25) is 0 Å². The van der Waals surface area contributed by atoms with Crippen LogP contribution in [0.3, 0.4) is 0 Å². The van der Waals surface area contributed by atoms with Crippen molar-refractivity contribution in [3.05, 3.63) is 59.7 Å². The van der Waals surface area contributed by atoms with Crippen LogP contribution in [0, 0.1) is 0 Å². The average Bonchev–Trinajstić information content (AvgIpc) is 2.48. The lowest BCUT2D eigenvalue weighted by atomic mass is 10.1. The van der Waals surface area contributed by atoms with Gasteiger partial charge in [0.05, 0.1) is 20.3 Å². The van der Waals surface area contributed by atoms with Crippen molar-refractivity contribution >= 4 is 5.69 Å². The van der Waals surface area contributed by atoms with E-state index < -0.39 is 6.10 Å². The van der Waals surface area contributed by atoms with E-state index in [0.29, 0.717) is 12.3 Å². The molecule has 1 unspecified atom stereocenters. The largest absolute Gasteiger partial charge is 0.497 e. The van der Waals surface area contributed by atoms with E-state index in [1.807, 2.05) is 24.3 Å². The van der Waals surface area contributed by atoms with Crippen molar-refractivity contribution in [3.63, 3.8) is 0 Å². The van der Waals surface area contributed by atoms with E-state index in [-0.39, 0.29) is 6.61 Å². The second-order valence-corrected chi connectivity index (χ2v) is 4.55. The Hall–Kier alpha value is -2.04. The highest BCUT2D eigenvalue weighted by Gasteiger charge is 2.07. The predicted molar refractivity (Wildman–Crippen MR) is 78.5 cm³/mol. The number of aliphatic hydroxyl groups is 1. The van der Waals surface area contributed by atoms with Gasteiger partial charge in [-0.05, 0) is 35.4 Å². The molecule has 0 amide bonds. The van der Waals surface area contributed by atoms with E-state index in [1.165, 1.54) is 0 Å². The Labute approximate surface area is 118 Å². The molecule has 20 heavy (non-hydrogen) atoms. The molecule has 3 N–H and O–H groups in total. The van der Waals surface area contributed by atoms with E-state index in [1.54, 1.807) is 31.4 Å². The van der Waals surface area contributed by atoms with Crippen LogP contribution < -0.4 is 10.5 Å². The Morgan fingerprint density at radius 2 is 1.90 bits per heavy atom. The third-order valence-corrected chi connectivity index (χ3v) is 3.00. The van der Waals surface area contributed by atoms with Gasteiger partial charge in [-0.15, -0.1) is 0 Å². The summed E-state index contributed by atoms with van der Waals surface area (Å²) in [6.07, 6.45) is -0.652. The summed E-state index contributed by atoms with van der Waals surface area (Å²) >= 11 is 0. The highest BCUT2D eigenvalue weighted by molar-refractivity contribution is 5.39. The van der Waals surface area contributed by atoms with Crippen molar-refractivity contribution < 1.29 is 14.6 Å². The van der Waals surface area contributed by atoms with Crippen molar-refractivity contribution in [3.8, 4) is 5.75 Å². The normalized spacial score (nSPS) is 12.1. The highest BCUT2D eigenvalue weighted by Crippen LogP contribution is 2.17. The zero-order valence-electron chi connectivity index (χ0n) is 11.5. The molecule has 0 aromatic heterocycles.